The van der Waals surface area contributed by atoms with Gasteiger partial charge in [0.25, 0.3) is 0 Å². The Hall–Kier alpha value is -1.10. The molecular formula is C11H18N2O3. The second-order valence-electron chi connectivity index (χ2n) is 4.70. The summed E-state index contributed by atoms with van der Waals surface area (Å²) in [7, 11) is 0. The number of carbonyl (C=O) groups is 2. The highest BCUT2D eigenvalue weighted by Gasteiger charge is 2.38. The lowest BCUT2D eigenvalue weighted by Gasteiger charge is -2.27. The Bertz CT molecular complexity index is 302. The summed E-state index contributed by atoms with van der Waals surface area (Å²) in [6, 6.07) is 0.681. The molecule has 1 aliphatic heterocycles. The number of rotatable bonds is 4. The first-order valence-corrected chi connectivity index (χ1v) is 5.81. The molecule has 5 heteroatoms. The van der Waals surface area contributed by atoms with Crippen LogP contribution in [0.4, 0.5) is 0 Å². The van der Waals surface area contributed by atoms with Crippen molar-refractivity contribution in [1.29, 1.82) is 0 Å². The maximum absolute atomic E-state index is 11.2. The maximum atomic E-state index is 11.2. The van der Waals surface area contributed by atoms with E-state index in [9.17, 15) is 9.59 Å². The average Bonchev–Trinajstić information content (AvgIpc) is 2.91. The van der Waals surface area contributed by atoms with E-state index in [0.717, 1.165) is 25.8 Å². The van der Waals surface area contributed by atoms with Gasteiger partial charge >= 0.3 is 5.97 Å². The number of carboxylic acids is 1. The molecule has 2 fully saturated rings. The van der Waals surface area contributed by atoms with Gasteiger partial charge in [0.15, 0.2) is 0 Å². The van der Waals surface area contributed by atoms with E-state index in [1.54, 1.807) is 6.92 Å². The third-order valence-corrected chi connectivity index (χ3v) is 3.41. The fourth-order valence-corrected chi connectivity index (χ4v) is 2.42. The van der Waals surface area contributed by atoms with E-state index in [1.807, 2.05) is 4.90 Å². The molecule has 1 atom stereocenters. The zero-order valence-electron chi connectivity index (χ0n) is 9.56. The topological polar surface area (TPSA) is 60.9 Å². The van der Waals surface area contributed by atoms with Crippen molar-refractivity contribution in [3.63, 3.8) is 0 Å². The van der Waals surface area contributed by atoms with E-state index in [-0.39, 0.29) is 18.5 Å². The SMILES string of the molecule is CC(=O)N1CC[C@H](N(CC(=O)O)C2CC2)C1. The van der Waals surface area contributed by atoms with E-state index in [0.29, 0.717) is 12.6 Å². The van der Waals surface area contributed by atoms with E-state index in [2.05, 4.69) is 4.90 Å². The fourth-order valence-electron chi connectivity index (χ4n) is 2.42. The minimum absolute atomic E-state index is 0.0913. The summed E-state index contributed by atoms with van der Waals surface area (Å²) in [6.45, 7) is 3.14. The van der Waals surface area contributed by atoms with Crippen molar-refractivity contribution in [1.82, 2.24) is 9.80 Å². The number of likely N-dealkylation sites (tertiary alicyclic amines) is 1. The summed E-state index contributed by atoms with van der Waals surface area (Å²) in [4.78, 5) is 25.9. The van der Waals surface area contributed by atoms with Crippen molar-refractivity contribution >= 4 is 11.9 Å². The molecule has 1 saturated heterocycles. The van der Waals surface area contributed by atoms with E-state index >= 15 is 0 Å². The van der Waals surface area contributed by atoms with Crippen LogP contribution in [0, 0.1) is 0 Å². The Labute approximate surface area is 95.0 Å². The number of carbonyl (C=O) groups excluding carboxylic acids is 1. The van der Waals surface area contributed by atoms with Gasteiger partial charge in [-0.1, -0.05) is 0 Å². The highest BCUT2D eigenvalue weighted by atomic mass is 16.4. The second-order valence-corrected chi connectivity index (χ2v) is 4.70. The van der Waals surface area contributed by atoms with Gasteiger partial charge in [-0.05, 0) is 19.3 Å². The molecular weight excluding hydrogens is 208 g/mol. The summed E-state index contributed by atoms with van der Waals surface area (Å²) in [5.41, 5.74) is 0. The van der Waals surface area contributed by atoms with Crippen molar-refractivity contribution in [2.24, 2.45) is 0 Å². The van der Waals surface area contributed by atoms with Crippen LogP contribution in [-0.2, 0) is 9.59 Å². The van der Waals surface area contributed by atoms with Gasteiger partial charge in [-0.3, -0.25) is 14.5 Å². The van der Waals surface area contributed by atoms with Gasteiger partial charge in [-0.25, -0.2) is 0 Å². The smallest absolute Gasteiger partial charge is 0.317 e. The summed E-state index contributed by atoms with van der Waals surface area (Å²) in [6.07, 6.45) is 3.11. The normalized spacial score (nSPS) is 25.1. The maximum Gasteiger partial charge on any atom is 0.317 e. The Kier molecular flexibility index (Phi) is 3.14. The molecule has 0 aromatic heterocycles. The van der Waals surface area contributed by atoms with Crippen LogP contribution in [0.1, 0.15) is 26.2 Å². The van der Waals surface area contributed by atoms with Crippen molar-refractivity contribution in [2.45, 2.75) is 38.3 Å². The van der Waals surface area contributed by atoms with Crippen molar-refractivity contribution in [3.05, 3.63) is 0 Å². The van der Waals surface area contributed by atoms with Gasteiger partial charge < -0.3 is 10.0 Å². The van der Waals surface area contributed by atoms with Gasteiger partial charge in [0.1, 0.15) is 0 Å². The van der Waals surface area contributed by atoms with Crippen LogP contribution in [0.5, 0.6) is 0 Å². The van der Waals surface area contributed by atoms with Crippen molar-refractivity contribution in [3.8, 4) is 0 Å². The van der Waals surface area contributed by atoms with Crippen LogP contribution < -0.4 is 0 Å². The van der Waals surface area contributed by atoms with Crippen molar-refractivity contribution in [2.75, 3.05) is 19.6 Å². The Balaban J connectivity index is 1.94. The molecule has 1 amide bonds. The van der Waals surface area contributed by atoms with Crippen molar-refractivity contribution < 1.29 is 14.7 Å². The van der Waals surface area contributed by atoms with Crippen LogP contribution in [0.15, 0.2) is 0 Å². The molecule has 1 aliphatic carbocycles. The number of nitrogens with zero attached hydrogens (tertiary/aromatic N) is 2. The monoisotopic (exact) mass is 226 g/mol. The largest absolute Gasteiger partial charge is 0.480 e. The predicted molar refractivity (Wildman–Crippen MR) is 58.0 cm³/mol. The standard InChI is InChI=1S/C11H18N2O3/c1-8(14)12-5-4-10(6-12)13(7-11(15)16)9-2-3-9/h9-10H,2-7H2,1H3,(H,15,16)/t10-/m0/s1. The Morgan fingerprint density at radius 2 is 2.00 bits per heavy atom. The molecule has 90 valence electrons. The average molecular weight is 226 g/mol. The Morgan fingerprint density at radius 3 is 2.44 bits per heavy atom. The van der Waals surface area contributed by atoms with Gasteiger partial charge in [-0.2, -0.15) is 0 Å². The number of carboxylic acid groups (broad SMARTS) is 1. The number of aliphatic carboxylic acids is 1. The minimum atomic E-state index is -0.770. The van der Waals surface area contributed by atoms with Crippen LogP contribution in [-0.4, -0.2) is 58.5 Å². The molecule has 1 saturated carbocycles. The minimum Gasteiger partial charge on any atom is -0.480 e. The highest BCUT2D eigenvalue weighted by molar-refractivity contribution is 5.73. The molecule has 0 bridgehead atoms. The molecule has 1 heterocycles. The summed E-state index contributed by atoms with van der Waals surface area (Å²) < 4.78 is 0. The third kappa shape index (κ3) is 2.52. The van der Waals surface area contributed by atoms with Crippen LogP contribution in [0.25, 0.3) is 0 Å². The molecule has 0 spiro atoms. The lowest BCUT2D eigenvalue weighted by Crippen LogP contribution is -2.42. The van der Waals surface area contributed by atoms with Crippen LogP contribution in [0.3, 0.4) is 0 Å². The van der Waals surface area contributed by atoms with Crippen LogP contribution >= 0.6 is 0 Å². The molecule has 16 heavy (non-hydrogen) atoms. The molecule has 0 unspecified atom stereocenters. The Morgan fingerprint density at radius 1 is 1.31 bits per heavy atom. The summed E-state index contributed by atoms with van der Waals surface area (Å²) >= 11 is 0. The lowest BCUT2D eigenvalue weighted by molar-refractivity contribution is -0.139. The lowest BCUT2D eigenvalue weighted by atomic mass is 10.2. The predicted octanol–water partition coefficient (Wildman–Crippen LogP) is 0.156. The van der Waals surface area contributed by atoms with E-state index in [4.69, 9.17) is 5.11 Å². The summed E-state index contributed by atoms with van der Waals surface area (Å²) in [5, 5.41) is 8.87. The van der Waals surface area contributed by atoms with E-state index < -0.39 is 5.97 Å². The third-order valence-electron chi connectivity index (χ3n) is 3.41. The first-order chi connectivity index (χ1) is 7.58. The number of hydrogen-bond acceptors (Lipinski definition) is 3. The number of amides is 1. The first kappa shape index (κ1) is 11.4. The van der Waals surface area contributed by atoms with Gasteiger partial charge in [-0.15, -0.1) is 0 Å². The summed E-state index contributed by atoms with van der Waals surface area (Å²) in [5.74, 6) is -0.679. The highest BCUT2D eigenvalue weighted by Crippen LogP contribution is 2.31. The van der Waals surface area contributed by atoms with Gasteiger partial charge in [0, 0.05) is 32.1 Å². The molecule has 1 N–H and O–H groups in total. The molecule has 0 aromatic rings. The molecule has 0 aromatic carbocycles. The van der Waals surface area contributed by atoms with Gasteiger partial charge in [0.05, 0.1) is 6.54 Å². The number of hydrogen-bond donors (Lipinski definition) is 1. The molecule has 5 nitrogen and oxygen atoms in total. The molecule has 2 rings (SSSR count). The zero-order valence-corrected chi connectivity index (χ0v) is 9.56. The molecule has 2 aliphatic rings. The zero-order chi connectivity index (χ0) is 11.7. The molecule has 0 radical (unpaired) electrons. The van der Waals surface area contributed by atoms with Crippen LogP contribution in [0.2, 0.25) is 0 Å². The fraction of sp³-hybridized carbons (Fsp3) is 0.818. The van der Waals surface area contributed by atoms with E-state index in [1.165, 1.54) is 0 Å². The quantitative estimate of drug-likeness (QED) is 0.741. The first-order valence-electron chi connectivity index (χ1n) is 5.81. The van der Waals surface area contributed by atoms with Gasteiger partial charge in [0.2, 0.25) is 5.91 Å². The second kappa shape index (κ2) is 4.41.